The van der Waals surface area contributed by atoms with Crippen LogP contribution in [0.15, 0.2) is 22.7 Å². The zero-order valence-corrected chi connectivity index (χ0v) is 11.6. The molecule has 0 amide bonds. The number of rotatable bonds is 3. The highest BCUT2D eigenvalue weighted by Gasteiger charge is 2.28. The largest absolute Gasteiger partial charge is 0.330 e. The molecule has 2 unspecified atom stereocenters. The van der Waals surface area contributed by atoms with Crippen LogP contribution in [0.5, 0.6) is 0 Å². The fourth-order valence-electron chi connectivity index (χ4n) is 2.48. The van der Waals surface area contributed by atoms with Crippen molar-refractivity contribution in [3.8, 4) is 0 Å². The van der Waals surface area contributed by atoms with Crippen molar-refractivity contribution in [1.29, 1.82) is 0 Å². The van der Waals surface area contributed by atoms with Crippen molar-refractivity contribution < 1.29 is 4.39 Å². The number of likely N-dealkylation sites (tertiary alicyclic amines) is 1. The Morgan fingerprint density at radius 2 is 2.29 bits per heavy atom. The number of halogens is 2. The summed E-state index contributed by atoms with van der Waals surface area (Å²) in [6, 6.07) is 5.75. The van der Waals surface area contributed by atoms with E-state index in [0.717, 1.165) is 29.5 Å². The molecule has 1 heterocycles. The molecule has 2 N–H and O–H groups in total. The zero-order chi connectivity index (χ0) is 12.4. The average molecular weight is 301 g/mol. The van der Waals surface area contributed by atoms with Crippen LogP contribution in [-0.4, -0.2) is 24.0 Å². The smallest absolute Gasteiger partial charge is 0.128 e. The first-order valence-corrected chi connectivity index (χ1v) is 6.77. The molecule has 94 valence electrons. The second-order valence-electron chi connectivity index (χ2n) is 4.85. The maximum Gasteiger partial charge on any atom is 0.128 e. The van der Waals surface area contributed by atoms with Gasteiger partial charge in [-0.25, -0.2) is 4.39 Å². The molecule has 2 atom stereocenters. The maximum absolute atomic E-state index is 13.7. The number of nitrogens with two attached hydrogens (primary N) is 1. The molecule has 0 aromatic heterocycles. The van der Waals surface area contributed by atoms with Crippen molar-refractivity contribution in [2.24, 2.45) is 11.7 Å². The maximum atomic E-state index is 13.7. The number of hydrogen-bond donors (Lipinski definition) is 1. The van der Waals surface area contributed by atoms with Crippen LogP contribution in [0.3, 0.4) is 0 Å². The van der Waals surface area contributed by atoms with E-state index >= 15 is 0 Å². The van der Waals surface area contributed by atoms with Gasteiger partial charge in [-0.05, 0) is 37.9 Å². The van der Waals surface area contributed by atoms with Crippen LogP contribution in [0.1, 0.15) is 18.9 Å². The summed E-state index contributed by atoms with van der Waals surface area (Å²) in [5.41, 5.74) is 6.46. The van der Waals surface area contributed by atoms with Gasteiger partial charge < -0.3 is 5.73 Å². The fourth-order valence-corrected chi connectivity index (χ4v) is 2.81. The summed E-state index contributed by atoms with van der Waals surface area (Å²) in [5.74, 6) is 0.422. The van der Waals surface area contributed by atoms with Gasteiger partial charge >= 0.3 is 0 Å². The third-order valence-electron chi connectivity index (χ3n) is 3.51. The van der Waals surface area contributed by atoms with Crippen LogP contribution in [0, 0.1) is 11.7 Å². The molecule has 17 heavy (non-hydrogen) atoms. The molecule has 2 rings (SSSR count). The summed E-state index contributed by atoms with van der Waals surface area (Å²) in [7, 11) is 0. The number of hydrogen-bond acceptors (Lipinski definition) is 2. The highest BCUT2D eigenvalue weighted by Crippen LogP contribution is 2.25. The van der Waals surface area contributed by atoms with Crippen molar-refractivity contribution in [3.63, 3.8) is 0 Å². The van der Waals surface area contributed by atoms with Gasteiger partial charge in [-0.1, -0.05) is 22.0 Å². The first kappa shape index (κ1) is 13.0. The summed E-state index contributed by atoms with van der Waals surface area (Å²) in [5, 5.41) is 0. The highest BCUT2D eigenvalue weighted by molar-refractivity contribution is 9.10. The second-order valence-corrected chi connectivity index (χ2v) is 5.77. The molecule has 0 bridgehead atoms. The van der Waals surface area contributed by atoms with E-state index in [9.17, 15) is 4.39 Å². The van der Waals surface area contributed by atoms with Crippen LogP contribution in [0.25, 0.3) is 0 Å². The Kier molecular flexibility index (Phi) is 4.17. The van der Waals surface area contributed by atoms with Gasteiger partial charge in [0.05, 0.1) is 0 Å². The van der Waals surface area contributed by atoms with Crippen LogP contribution >= 0.6 is 15.9 Å². The second kappa shape index (κ2) is 5.46. The minimum absolute atomic E-state index is 0.136. The average Bonchev–Trinajstić information content (AvgIpc) is 2.64. The van der Waals surface area contributed by atoms with E-state index < -0.39 is 0 Å². The third-order valence-corrected chi connectivity index (χ3v) is 4.01. The Balaban J connectivity index is 2.06. The molecule has 1 aliphatic rings. The van der Waals surface area contributed by atoms with Gasteiger partial charge in [0, 0.05) is 29.2 Å². The van der Waals surface area contributed by atoms with E-state index in [1.54, 1.807) is 0 Å². The third kappa shape index (κ3) is 3.06. The predicted molar refractivity (Wildman–Crippen MR) is 71.1 cm³/mol. The van der Waals surface area contributed by atoms with Crippen molar-refractivity contribution in [1.82, 2.24) is 4.90 Å². The summed E-state index contributed by atoms with van der Waals surface area (Å²) >= 11 is 3.27. The van der Waals surface area contributed by atoms with Gasteiger partial charge in [0.15, 0.2) is 0 Å². The SMILES string of the molecule is CC1CC(CN)CN1Cc1ccc(Br)cc1F. The molecule has 1 saturated heterocycles. The van der Waals surface area contributed by atoms with E-state index in [1.807, 2.05) is 12.1 Å². The minimum Gasteiger partial charge on any atom is -0.330 e. The lowest BCUT2D eigenvalue weighted by molar-refractivity contribution is 0.252. The Bertz CT molecular complexity index is 397. The van der Waals surface area contributed by atoms with E-state index in [-0.39, 0.29) is 5.82 Å². The van der Waals surface area contributed by atoms with Gasteiger partial charge in [0.25, 0.3) is 0 Å². The van der Waals surface area contributed by atoms with E-state index in [1.165, 1.54) is 6.07 Å². The van der Waals surface area contributed by atoms with Crippen LogP contribution in [0.2, 0.25) is 0 Å². The molecule has 1 aliphatic heterocycles. The van der Waals surface area contributed by atoms with Crippen molar-refractivity contribution in [2.75, 3.05) is 13.1 Å². The van der Waals surface area contributed by atoms with Crippen LogP contribution in [0.4, 0.5) is 4.39 Å². The van der Waals surface area contributed by atoms with E-state index in [2.05, 4.69) is 27.8 Å². The van der Waals surface area contributed by atoms with Crippen molar-refractivity contribution in [2.45, 2.75) is 25.9 Å². The van der Waals surface area contributed by atoms with E-state index in [0.29, 0.717) is 18.5 Å². The van der Waals surface area contributed by atoms with Crippen molar-refractivity contribution in [3.05, 3.63) is 34.1 Å². The fraction of sp³-hybridized carbons (Fsp3) is 0.538. The molecular weight excluding hydrogens is 283 g/mol. The number of nitrogens with zero attached hydrogens (tertiary/aromatic N) is 1. The molecule has 1 aromatic carbocycles. The number of benzene rings is 1. The van der Waals surface area contributed by atoms with Gasteiger partial charge in [-0.3, -0.25) is 4.90 Å². The Morgan fingerprint density at radius 3 is 2.88 bits per heavy atom. The first-order chi connectivity index (χ1) is 8.10. The van der Waals surface area contributed by atoms with Gasteiger partial charge in [0.2, 0.25) is 0 Å². The monoisotopic (exact) mass is 300 g/mol. The topological polar surface area (TPSA) is 29.3 Å². The molecule has 1 aromatic rings. The Morgan fingerprint density at radius 1 is 1.53 bits per heavy atom. The summed E-state index contributed by atoms with van der Waals surface area (Å²) in [6.45, 7) is 4.57. The molecular formula is C13H18BrFN2. The van der Waals surface area contributed by atoms with Crippen molar-refractivity contribution >= 4 is 15.9 Å². The summed E-state index contributed by atoms with van der Waals surface area (Å²) in [6.07, 6.45) is 1.12. The normalized spacial score (nSPS) is 25.4. The summed E-state index contributed by atoms with van der Waals surface area (Å²) in [4.78, 5) is 2.31. The minimum atomic E-state index is -0.136. The van der Waals surface area contributed by atoms with Gasteiger partial charge in [0.1, 0.15) is 5.82 Å². The Labute approximate surface area is 110 Å². The lowest BCUT2D eigenvalue weighted by atomic mass is 10.1. The Hall–Kier alpha value is -0.450. The molecule has 0 aliphatic carbocycles. The zero-order valence-electron chi connectivity index (χ0n) is 10.00. The standard InChI is InChI=1S/C13H18BrFN2/c1-9-4-10(6-16)7-17(9)8-11-2-3-12(14)5-13(11)15/h2-3,5,9-10H,4,6-8,16H2,1H3. The summed E-state index contributed by atoms with van der Waals surface area (Å²) < 4.78 is 14.5. The first-order valence-electron chi connectivity index (χ1n) is 5.98. The van der Waals surface area contributed by atoms with Crippen LogP contribution in [-0.2, 0) is 6.54 Å². The molecule has 0 spiro atoms. The molecule has 1 fully saturated rings. The lowest BCUT2D eigenvalue weighted by Gasteiger charge is -2.21. The molecule has 4 heteroatoms. The van der Waals surface area contributed by atoms with Crippen LogP contribution < -0.4 is 5.73 Å². The lowest BCUT2D eigenvalue weighted by Crippen LogP contribution is -2.27. The van der Waals surface area contributed by atoms with E-state index in [4.69, 9.17) is 5.73 Å². The van der Waals surface area contributed by atoms with Gasteiger partial charge in [-0.2, -0.15) is 0 Å². The van der Waals surface area contributed by atoms with Gasteiger partial charge in [-0.15, -0.1) is 0 Å². The quantitative estimate of drug-likeness (QED) is 0.930. The molecule has 0 saturated carbocycles. The molecule has 0 radical (unpaired) electrons. The predicted octanol–water partition coefficient (Wildman–Crippen LogP) is 2.76. The highest BCUT2D eigenvalue weighted by atomic mass is 79.9. The molecule has 2 nitrogen and oxygen atoms in total.